The number of carbonyl (C=O) groups excluding carboxylic acids is 1. The van der Waals surface area contributed by atoms with Crippen molar-refractivity contribution in [1.82, 2.24) is 5.32 Å². The number of rotatable bonds is 7. The van der Waals surface area contributed by atoms with Gasteiger partial charge in [0.15, 0.2) is 0 Å². The van der Waals surface area contributed by atoms with E-state index in [-0.39, 0.29) is 0 Å². The summed E-state index contributed by atoms with van der Waals surface area (Å²) in [7, 11) is 0. The molecular weight excluding hydrogens is 250 g/mol. The van der Waals surface area contributed by atoms with Crippen molar-refractivity contribution in [2.45, 2.75) is 71.1 Å². The van der Waals surface area contributed by atoms with Crippen LogP contribution in [-0.4, -0.2) is 40.0 Å². The predicted octanol–water partition coefficient (Wildman–Crippen LogP) is 1.91. The Kier molecular flexibility index (Phi) is 7.44. The van der Waals surface area contributed by atoms with Crippen LogP contribution in [0.25, 0.3) is 0 Å². The molecule has 0 aromatic rings. The van der Waals surface area contributed by atoms with E-state index in [2.05, 4.69) is 5.32 Å². The Morgan fingerprint density at radius 1 is 1.32 bits per heavy atom. The van der Waals surface area contributed by atoms with Crippen molar-refractivity contribution in [2.24, 2.45) is 0 Å². The summed E-state index contributed by atoms with van der Waals surface area (Å²) in [5, 5.41) is 21.0. The maximum absolute atomic E-state index is 11.6. The van der Waals surface area contributed by atoms with Crippen LogP contribution in [0, 0.1) is 0 Å². The van der Waals surface area contributed by atoms with E-state index < -0.39 is 36.2 Å². The number of aliphatic carboxylic acids is 1. The molecule has 0 aromatic carbocycles. The first kappa shape index (κ1) is 17.7. The van der Waals surface area contributed by atoms with Crippen molar-refractivity contribution in [3.63, 3.8) is 0 Å². The van der Waals surface area contributed by atoms with Crippen LogP contribution < -0.4 is 5.32 Å². The number of carbonyl (C=O) groups is 2. The van der Waals surface area contributed by atoms with Gasteiger partial charge in [-0.3, -0.25) is 4.79 Å². The zero-order valence-electron chi connectivity index (χ0n) is 12.1. The number of carboxylic acid groups (broad SMARTS) is 1. The number of alkyl carbamates (subject to hydrolysis) is 1. The number of ether oxygens (including phenoxy) is 1. The molecule has 0 bridgehead atoms. The summed E-state index contributed by atoms with van der Waals surface area (Å²) < 4.78 is 5.09. The van der Waals surface area contributed by atoms with Gasteiger partial charge >= 0.3 is 12.1 Å². The molecule has 0 saturated heterocycles. The normalized spacial score (nSPS) is 14.6. The minimum Gasteiger partial charge on any atom is -0.481 e. The van der Waals surface area contributed by atoms with E-state index in [1.54, 1.807) is 20.8 Å². The molecule has 0 aromatic heterocycles. The lowest BCUT2D eigenvalue weighted by atomic mass is 10.0. The summed E-state index contributed by atoms with van der Waals surface area (Å²) >= 11 is 0. The van der Waals surface area contributed by atoms with E-state index in [1.807, 2.05) is 6.92 Å². The molecule has 112 valence electrons. The molecule has 0 spiro atoms. The average Bonchev–Trinajstić information content (AvgIpc) is 2.20. The number of hydrogen-bond donors (Lipinski definition) is 3. The molecule has 3 N–H and O–H groups in total. The molecule has 0 unspecified atom stereocenters. The molecule has 19 heavy (non-hydrogen) atoms. The second-order valence-electron chi connectivity index (χ2n) is 5.56. The molecule has 0 aliphatic heterocycles. The topological polar surface area (TPSA) is 95.9 Å². The summed E-state index contributed by atoms with van der Waals surface area (Å²) in [6.45, 7) is 7.19. The lowest BCUT2D eigenvalue weighted by Gasteiger charge is -2.26. The first-order valence-corrected chi connectivity index (χ1v) is 6.55. The van der Waals surface area contributed by atoms with Gasteiger partial charge in [0.25, 0.3) is 0 Å². The van der Waals surface area contributed by atoms with E-state index >= 15 is 0 Å². The Labute approximate surface area is 114 Å². The van der Waals surface area contributed by atoms with Gasteiger partial charge in [-0.25, -0.2) is 4.79 Å². The van der Waals surface area contributed by atoms with Crippen LogP contribution in [0.15, 0.2) is 0 Å². The zero-order chi connectivity index (χ0) is 15.1. The highest BCUT2D eigenvalue weighted by Gasteiger charge is 2.25. The van der Waals surface area contributed by atoms with Gasteiger partial charge in [0.05, 0.1) is 18.6 Å². The average molecular weight is 275 g/mol. The third-order valence-corrected chi connectivity index (χ3v) is 2.42. The molecule has 6 heteroatoms. The summed E-state index contributed by atoms with van der Waals surface area (Å²) in [6, 6.07) is -0.606. The SMILES string of the molecule is CCCC[C@@H](NC(=O)OC(C)(C)C)[C@@H](O)CC(=O)O. The molecule has 6 nitrogen and oxygen atoms in total. The third kappa shape index (κ3) is 9.30. The summed E-state index contributed by atoms with van der Waals surface area (Å²) in [5.74, 6) is -1.10. The van der Waals surface area contributed by atoms with Crippen LogP contribution in [0.1, 0.15) is 53.4 Å². The summed E-state index contributed by atoms with van der Waals surface area (Å²) in [4.78, 5) is 22.2. The van der Waals surface area contributed by atoms with Crippen molar-refractivity contribution in [3.8, 4) is 0 Å². The number of unbranched alkanes of at least 4 members (excludes halogenated alkanes) is 1. The van der Waals surface area contributed by atoms with E-state index in [0.717, 1.165) is 12.8 Å². The van der Waals surface area contributed by atoms with Gasteiger partial charge in [-0.1, -0.05) is 19.8 Å². The Hall–Kier alpha value is -1.30. The Balaban J connectivity index is 4.49. The van der Waals surface area contributed by atoms with Crippen molar-refractivity contribution in [2.75, 3.05) is 0 Å². The maximum atomic E-state index is 11.6. The molecule has 0 radical (unpaired) electrons. The number of carboxylic acids is 1. The Bertz CT molecular complexity index is 298. The first-order chi connectivity index (χ1) is 8.65. The Morgan fingerprint density at radius 3 is 2.32 bits per heavy atom. The van der Waals surface area contributed by atoms with Crippen molar-refractivity contribution in [3.05, 3.63) is 0 Å². The first-order valence-electron chi connectivity index (χ1n) is 6.55. The van der Waals surface area contributed by atoms with E-state index in [4.69, 9.17) is 9.84 Å². The number of aliphatic hydroxyl groups is 1. The molecule has 1 amide bonds. The van der Waals surface area contributed by atoms with Gasteiger partial charge in [-0.15, -0.1) is 0 Å². The van der Waals surface area contributed by atoms with Crippen LogP contribution in [-0.2, 0) is 9.53 Å². The molecule has 0 rings (SSSR count). The van der Waals surface area contributed by atoms with Gasteiger partial charge in [0.1, 0.15) is 5.60 Å². The minimum atomic E-state index is -1.11. The van der Waals surface area contributed by atoms with Crippen LogP contribution in [0.3, 0.4) is 0 Å². The minimum absolute atomic E-state index is 0.399. The predicted molar refractivity (Wildman–Crippen MR) is 70.9 cm³/mol. The molecule has 0 heterocycles. The van der Waals surface area contributed by atoms with E-state index in [9.17, 15) is 14.7 Å². The highest BCUT2D eigenvalue weighted by molar-refractivity contribution is 5.69. The lowest BCUT2D eigenvalue weighted by Crippen LogP contribution is -2.46. The highest BCUT2D eigenvalue weighted by Crippen LogP contribution is 2.11. The summed E-state index contributed by atoms with van der Waals surface area (Å²) in [5.41, 5.74) is -0.628. The second kappa shape index (κ2) is 7.99. The molecule has 0 aliphatic carbocycles. The van der Waals surface area contributed by atoms with E-state index in [0.29, 0.717) is 6.42 Å². The van der Waals surface area contributed by atoms with Crippen LogP contribution in [0.4, 0.5) is 4.79 Å². The molecule has 0 saturated carbocycles. The van der Waals surface area contributed by atoms with Gasteiger partial charge in [0.2, 0.25) is 0 Å². The zero-order valence-corrected chi connectivity index (χ0v) is 12.1. The fourth-order valence-electron chi connectivity index (χ4n) is 1.56. The van der Waals surface area contributed by atoms with Crippen LogP contribution in [0.5, 0.6) is 0 Å². The standard InChI is InChI=1S/C13H25NO5/c1-5-6-7-9(10(15)8-11(16)17)14-12(18)19-13(2,3)4/h9-10,15H,5-8H2,1-4H3,(H,14,18)(H,16,17)/t9-,10+/m1/s1. The number of amides is 1. The van der Waals surface area contributed by atoms with Crippen molar-refractivity contribution < 1.29 is 24.5 Å². The van der Waals surface area contributed by atoms with E-state index in [1.165, 1.54) is 0 Å². The van der Waals surface area contributed by atoms with Gasteiger partial charge in [0, 0.05) is 0 Å². The Morgan fingerprint density at radius 2 is 1.89 bits per heavy atom. The van der Waals surface area contributed by atoms with Crippen LogP contribution >= 0.6 is 0 Å². The smallest absolute Gasteiger partial charge is 0.407 e. The summed E-state index contributed by atoms with van der Waals surface area (Å²) in [6.07, 6.45) is 0.0484. The number of hydrogen-bond acceptors (Lipinski definition) is 4. The monoisotopic (exact) mass is 275 g/mol. The molecule has 0 fully saturated rings. The second-order valence-corrected chi connectivity index (χ2v) is 5.56. The number of nitrogens with one attached hydrogen (secondary N) is 1. The molecular formula is C13H25NO5. The fourth-order valence-corrected chi connectivity index (χ4v) is 1.56. The largest absolute Gasteiger partial charge is 0.481 e. The third-order valence-electron chi connectivity index (χ3n) is 2.42. The molecule has 2 atom stereocenters. The van der Waals surface area contributed by atoms with Gasteiger partial charge in [-0.2, -0.15) is 0 Å². The van der Waals surface area contributed by atoms with Gasteiger partial charge < -0.3 is 20.3 Å². The van der Waals surface area contributed by atoms with Crippen LogP contribution in [0.2, 0.25) is 0 Å². The number of aliphatic hydroxyl groups excluding tert-OH is 1. The van der Waals surface area contributed by atoms with Crippen molar-refractivity contribution >= 4 is 12.1 Å². The fraction of sp³-hybridized carbons (Fsp3) is 0.846. The lowest BCUT2D eigenvalue weighted by molar-refractivity contribution is -0.139. The maximum Gasteiger partial charge on any atom is 0.407 e. The quantitative estimate of drug-likeness (QED) is 0.659. The highest BCUT2D eigenvalue weighted by atomic mass is 16.6. The van der Waals surface area contributed by atoms with Gasteiger partial charge in [-0.05, 0) is 27.2 Å². The van der Waals surface area contributed by atoms with Crippen molar-refractivity contribution in [1.29, 1.82) is 0 Å². The molecule has 0 aliphatic rings.